The van der Waals surface area contributed by atoms with Crippen molar-refractivity contribution in [3.63, 3.8) is 0 Å². The number of carbonyl (C=O) groups is 1. The molecule has 1 amide bonds. The highest BCUT2D eigenvalue weighted by Crippen LogP contribution is 2.31. The highest BCUT2D eigenvalue weighted by atomic mass is 32.2. The topological polar surface area (TPSA) is 119 Å². The summed E-state index contributed by atoms with van der Waals surface area (Å²) < 4.78 is 35.7. The third kappa shape index (κ3) is 6.70. The summed E-state index contributed by atoms with van der Waals surface area (Å²) in [6.07, 6.45) is 2.41. The fourth-order valence-corrected chi connectivity index (χ4v) is 6.45. The summed E-state index contributed by atoms with van der Waals surface area (Å²) in [5, 5.41) is 6.60. The highest BCUT2D eigenvalue weighted by Gasteiger charge is 2.23. The van der Waals surface area contributed by atoms with Gasteiger partial charge in [-0.2, -0.15) is 0 Å². The van der Waals surface area contributed by atoms with E-state index in [1.165, 1.54) is 0 Å². The number of sulfonamides is 1. The van der Waals surface area contributed by atoms with Crippen molar-refractivity contribution in [2.24, 2.45) is 0 Å². The van der Waals surface area contributed by atoms with Crippen LogP contribution in [0.25, 0.3) is 11.1 Å². The van der Waals surface area contributed by atoms with E-state index >= 15 is 0 Å². The van der Waals surface area contributed by atoms with Crippen LogP contribution in [0, 0.1) is 13.8 Å². The molecule has 0 saturated carbocycles. The van der Waals surface area contributed by atoms with E-state index in [2.05, 4.69) is 34.3 Å². The minimum Gasteiger partial charge on any atom is -0.359 e. The molecule has 2 heterocycles. The molecule has 0 aliphatic rings. The van der Waals surface area contributed by atoms with E-state index in [9.17, 15) is 13.2 Å². The molecule has 4 aromatic rings. The monoisotopic (exact) mass is 577 g/mol. The van der Waals surface area contributed by atoms with Crippen molar-refractivity contribution < 1.29 is 17.7 Å². The summed E-state index contributed by atoms with van der Waals surface area (Å²) in [4.78, 5) is 17.5. The Morgan fingerprint density at radius 2 is 1.78 bits per heavy atom. The van der Waals surface area contributed by atoms with Gasteiger partial charge < -0.3 is 14.4 Å². The second-order valence-electron chi connectivity index (χ2n) is 10.4. The normalized spacial score (nSPS) is 12.3. The predicted octanol–water partition coefficient (Wildman–Crippen LogP) is 5.62. The van der Waals surface area contributed by atoms with Crippen LogP contribution in [0.15, 0.2) is 53.1 Å². The van der Waals surface area contributed by atoms with E-state index in [-0.39, 0.29) is 23.4 Å². The minimum atomic E-state index is -3.67. The lowest BCUT2D eigenvalue weighted by Gasteiger charge is -2.18. The van der Waals surface area contributed by atoms with Gasteiger partial charge in [-0.05, 0) is 54.9 Å². The van der Waals surface area contributed by atoms with Crippen molar-refractivity contribution in [2.75, 3.05) is 17.5 Å². The Hall–Kier alpha value is -3.92. The molecule has 0 aliphatic carbocycles. The Morgan fingerprint density at radius 1 is 1.07 bits per heavy atom. The van der Waals surface area contributed by atoms with Crippen LogP contribution in [0.3, 0.4) is 0 Å². The van der Waals surface area contributed by atoms with Crippen LogP contribution >= 0.6 is 0 Å². The Bertz CT molecular complexity index is 1620. The molecule has 0 saturated heterocycles. The molecule has 218 valence electrons. The number of hydrogen-bond acceptors (Lipinski definition) is 6. The first-order chi connectivity index (χ1) is 19.6. The molecule has 2 N–H and O–H groups in total. The molecule has 10 heteroatoms. The van der Waals surface area contributed by atoms with Crippen molar-refractivity contribution >= 4 is 21.7 Å². The van der Waals surface area contributed by atoms with Crippen molar-refractivity contribution in [1.29, 1.82) is 0 Å². The fraction of sp³-hybridized carbons (Fsp3) is 0.387. The number of benzene rings is 2. The molecular formula is C31H39N5O4S. The van der Waals surface area contributed by atoms with Gasteiger partial charge in [-0.3, -0.25) is 9.52 Å². The quantitative estimate of drug-likeness (QED) is 0.225. The number of aryl methyl sites for hydroxylation is 3. The molecule has 1 unspecified atom stereocenters. The lowest BCUT2D eigenvalue weighted by molar-refractivity contribution is 0.0953. The number of rotatable bonds is 12. The van der Waals surface area contributed by atoms with E-state index in [0.717, 1.165) is 46.6 Å². The lowest BCUT2D eigenvalue weighted by atomic mass is 9.92. The molecule has 0 aliphatic heterocycles. The zero-order valence-electron chi connectivity index (χ0n) is 24.6. The molecule has 41 heavy (non-hydrogen) atoms. The third-order valence-electron chi connectivity index (χ3n) is 7.35. The zero-order valence-corrected chi connectivity index (χ0v) is 25.4. The van der Waals surface area contributed by atoms with Crippen molar-refractivity contribution in [3.05, 3.63) is 88.2 Å². The number of amides is 1. The molecule has 2 aromatic carbocycles. The summed E-state index contributed by atoms with van der Waals surface area (Å²) in [6.45, 7) is 10.1. The number of nitrogens with one attached hydrogen (secondary N) is 2. The smallest absolute Gasteiger partial charge is 0.269 e. The average Bonchev–Trinajstić information content (AvgIpc) is 3.46. The summed E-state index contributed by atoms with van der Waals surface area (Å²) in [5.74, 6) is 1.21. The number of anilines is 1. The third-order valence-corrected chi connectivity index (χ3v) is 8.79. The molecule has 0 radical (unpaired) electrons. The first-order valence-electron chi connectivity index (χ1n) is 14.0. The first-order valence-corrected chi connectivity index (χ1v) is 15.7. The molecule has 1 atom stereocenters. The van der Waals surface area contributed by atoms with E-state index in [4.69, 9.17) is 9.51 Å². The summed E-state index contributed by atoms with van der Waals surface area (Å²) >= 11 is 0. The van der Waals surface area contributed by atoms with Crippen molar-refractivity contribution in [2.45, 2.75) is 66.3 Å². The molecule has 0 spiro atoms. The van der Waals surface area contributed by atoms with Crippen molar-refractivity contribution in [1.82, 2.24) is 20.0 Å². The average molecular weight is 578 g/mol. The maximum atomic E-state index is 13.0. The van der Waals surface area contributed by atoms with Gasteiger partial charge in [0.15, 0.2) is 5.82 Å². The predicted molar refractivity (Wildman–Crippen MR) is 162 cm³/mol. The highest BCUT2D eigenvalue weighted by molar-refractivity contribution is 7.92. The van der Waals surface area contributed by atoms with Gasteiger partial charge in [0, 0.05) is 25.6 Å². The van der Waals surface area contributed by atoms with E-state index in [1.807, 2.05) is 54.8 Å². The van der Waals surface area contributed by atoms with Crippen LogP contribution in [0.5, 0.6) is 0 Å². The Morgan fingerprint density at radius 3 is 2.39 bits per heavy atom. The van der Waals surface area contributed by atoms with Crippen LogP contribution in [-0.2, 0) is 29.4 Å². The van der Waals surface area contributed by atoms with Crippen LogP contribution in [0.2, 0.25) is 0 Å². The van der Waals surface area contributed by atoms with Crippen LogP contribution < -0.4 is 10.0 Å². The Kier molecular flexibility index (Phi) is 9.32. The van der Waals surface area contributed by atoms with Gasteiger partial charge in [0.1, 0.15) is 17.3 Å². The second-order valence-corrected chi connectivity index (χ2v) is 12.1. The number of carbonyl (C=O) groups excluding carboxylic acids is 1. The first kappa shape index (κ1) is 30.0. The summed E-state index contributed by atoms with van der Waals surface area (Å²) in [6, 6.07) is 16.1. The van der Waals surface area contributed by atoms with E-state index in [1.54, 1.807) is 20.9 Å². The summed E-state index contributed by atoms with van der Waals surface area (Å²) in [5.41, 5.74) is 6.05. The summed E-state index contributed by atoms with van der Waals surface area (Å²) in [7, 11) is -2.03. The van der Waals surface area contributed by atoms with Gasteiger partial charge in [0.05, 0.1) is 11.4 Å². The SMILES string of the molecule is CCCc1nc(CC)c(C(=O)NC)n1Cc1ccc(-c2ccccc2C(C)CS(=O)(=O)Nc2noc(C)c2C)cc1. The molecular weight excluding hydrogens is 538 g/mol. The van der Waals surface area contributed by atoms with Gasteiger partial charge in [-0.25, -0.2) is 13.4 Å². The Labute approximate surface area is 242 Å². The van der Waals surface area contributed by atoms with Crippen LogP contribution in [0.4, 0.5) is 5.82 Å². The van der Waals surface area contributed by atoms with E-state index < -0.39 is 10.0 Å². The maximum Gasteiger partial charge on any atom is 0.269 e. The van der Waals surface area contributed by atoms with Crippen molar-refractivity contribution in [3.8, 4) is 11.1 Å². The number of aromatic nitrogens is 3. The van der Waals surface area contributed by atoms with Gasteiger partial charge in [-0.15, -0.1) is 0 Å². The van der Waals surface area contributed by atoms with Crippen LogP contribution in [-0.4, -0.2) is 41.8 Å². The zero-order chi connectivity index (χ0) is 29.7. The maximum absolute atomic E-state index is 13.0. The molecule has 4 rings (SSSR count). The van der Waals surface area contributed by atoms with Gasteiger partial charge in [-0.1, -0.05) is 74.5 Å². The number of hydrogen-bond donors (Lipinski definition) is 2. The van der Waals surface area contributed by atoms with E-state index in [0.29, 0.717) is 30.0 Å². The standard InChI is InChI=1S/C31H39N5O4S/c1-7-11-28-33-27(8-2)29(31(37)32-6)36(28)18-23-14-16-24(17-15-23)26-13-10-9-12-25(26)20(3)19-41(38,39)35-30-21(4)22(5)40-34-30/h9-10,12-17,20H,7-8,11,18-19H2,1-6H3,(H,32,37)(H,34,35). The lowest BCUT2D eigenvalue weighted by Crippen LogP contribution is -2.24. The second kappa shape index (κ2) is 12.7. The number of nitrogens with zero attached hydrogens (tertiary/aromatic N) is 3. The minimum absolute atomic E-state index is 0.101. The van der Waals surface area contributed by atoms with Gasteiger partial charge in [0.2, 0.25) is 10.0 Å². The van der Waals surface area contributed by atoms with Gasteiger partial charge >= 0.3 is 0 Å². The molecule has 0 bridgehead atoms. The molecule has 0 fully saturated rings. The number of imidazole rings is 1. The largest absolute Gasteiger partial charge is 0.359 e. The Balaban J connectivity index is 1.58. The van der Waals surface area contributed by atoms with Crippen LogP contribution in [0.1, 0.15) is 77.6 Å². The molecule has 2 aromatic heterocycles. The molecule has 9 nitrogen and oxygen atoms in total. The van der Waals surface area contributed by atoms with Gasteiger partial charge in [0.25, 0.3) is 5.91 Å². The fourth-order valence-electron chi connectivity index (χ4n) is 5.04.